The molecular weight excluding hydrogens is 1050 g/mol. The molecule has 29 heteroatoms. The Kier molecular flexibility index (Phi) is 14.7. The molecule has 5 aromatic carbocycles. The summed E-state index contributed by atoms with van der Waals surface area (Å²) in [7, 11) is -19.2. The van der Waals surface area contributed by atoms with E-state index in [2.05, 4.69) is 47.5 Å². The number of carbonyl (C=O) groups is 1. The molecule has 73 heavy (non-hydrogen) atoms. The van der Waals surface area contributed by atoms with Gasteiger partial charge in [-0.05, 0) is 103 Å². The van der Waals surface area contributed by atoms with Crippen molar-refractivity contribution in [3.63, 3.8) is 0 Å². The van der Waals surface area contributed by atoms with Gasteiger partial charge in [0.1, 0.15) is 40.1 Å². The van der Waals surface area contributed by atoms with Gasteiger partial charge in [0.2, 0.25) is 0 Å². The van der Waals surface area contributed by atoms with Crippen LogP contribution in [0.3, 0.4) is 0 Å². The number of anilines is 5. The van der Waals surface area contributed by atoms with Crippen molar-refractivity contribution in [2.45, 2.75) is 26.5 Å². The fraction of sp³-hybridized carbons (Fsp3) is 0.0227. The Hall–Kier alpha value is -8.67. The average molecular weight is 1080 g/mol. The van der Waals surface area contributed by atoms with E-state index < -0.39 is 71.5 Å². The van der Waals surface area contributed by atoms with Crippen LogP contribution in [0.15, 0.2) is 155 Å². The number of nitriles is 3. The van der Waals surface area contributed by atoms with Gasteiger partial charge in [0, 0.05) is 33.8 Å². The Morgan fingerprint density at radius 1 is 0.562 bits per heavy atom. The molecule has 0 aliphatic carbocycles. The maximum absolute atomic E-state index is 13.3. The molecule has 7 aromatic rings. The normalized spacial score (nSPS) is 12.0. The van der Waals surface area contributed by atoms with Crippen molar-refractivity contribution in [2.24, 2.45) is 20.5 Å². The van der Waals surface area contributed by atoms with Crippen molar-refractivity contribution in [2.75, 3.05) is 16.0 Å². The molecule has 2 aromatic heterocycles. The van der Waals surface area contributed by atoms with Crippen LogP contribution in [0.2, 0.25) is 0 Å². The molecule has 7 N–H and O–H groups in total. The summed E-state index contributed by atoms with van der Waals surface area (Å²) < 4.78 is 132. The fourth-order valence-electron chi connectivity index (χ4n) is 6.52. The van der Waals surface area contributed by atoms with Crippen LogP contribution < -0.4 is 16.0 Å². The molecule has 368 valence electrons. The summed E-state index contributed by atoms with van der Waals surface area (Å²) in [6, 6.07) is 29.3. The number of carbonyl (C=O) groups excluding carboxylic acids is 1. The molecule has 0 fully saturated rings. The number of amides is 1. The van der Waals surface area contributed by atoms with Crippen LogP contribution in [0.4, 0.5) is 50.1 Å². The van der Waals surface area contributed by atoms with Crippen LogP contribution in [0.1, 0.15) is 32.6 Å². The maximum Gasteiger partial charge on any atom is 0.294 e. The minimum absolute atomic E-state index is 0.0520. The zero-order valence-electron chi connectivity index (χ0n) is 36.6. The van der Waals surface area contributed by atoms with E-state index >= 15 is 0 Å². The lowest BCUT2D eigenvalue weighted by atomic mass is 10.0. The number of nitrogens with one attached hydrogen (secondary N) is 3. The predicted molar refractivity (Wildman–Crippen MR) is 261 cm³/mol. The molecular formula is C44H29N11O13S5. The number of thiophene rings is 1. The zero-order valence-corrected chi connectivity index (χ0v) is 40.6. The highest BCUT2D eigenvalue weighted by atomic mass is 32.2. The maximum atomic E-state index is 13.3. The van der Waals surface area contributed by atoms with Crippen LogP contribution in [-0.4, -0.2) is 62.8 Å². The van der Waals surface area contributed by atoms with E-state index in [0.29, 0.717) is 18.2 Å². The van der Waals surface area contributed by atoms with E-state index in [9.17, 15) is 72.5 Å². The van der Waals surface area contributed by atoms with Crippen LogP contribution in [0, 0.1) is 40.9 Å². The van der Waals surface area contributed by atoms with Gasteiger partial charge < -0.3 is 16.0 Å². The summed E-state index contributed by atoms with van der Waals surface area (Å²) in [5.41, 5.74) is 0.480. The summed E-state index contributed by atoms with van der Waals surface area (Å²) in [6.07, 6.45) is 0. The minimum atomic E-state index is -5.04. The molecule has 0 saturated carbocycles. The van der Waals surface area contributed by atoms with Gasteiger partial charge in [-0.1, -0.05) is 35.6 Å². The van der Waals surface area contributed by atoms with Gasteiger partial charge in [0.25, 0.3) is 46.4 Å². The highest BCUT2D eigenvalue weighted by Gasteiger charge is 2.25. The molecule has 7 rings (SSSR count). The first kappa shape index (κ1) is 52.2. The summed E-state index contributed by atoms with van der Waals surface area (Å²) in [4.78, 5) is 15.0. The van der Waals surface area contributed by atoms with Crippen LogP contribution in [0.5, 0.6) is 0 Å². The van der Waals surface area contributed by atoms with Crippen LogP contribution >= 0.6 is 11.3 Å². The molecule has 2 heterocycles. The Balaban J connectivity index is 1.33. The van der Waals surface area contributed by atoms with Crippen molar-refractivity contribution in [3.8, 4) is 29.3 Å². The smallest absolute Gasteiger partial charge is 0.294 e. The SMILES string of the molecule is Cc1c(C#N)c(Nc2ccc(S(=O)(=O)O)cc2)nc(Nc2ccc(S(=O)(=O)O)cc2)c1N=Nc1sc(N=Nc2ccccc2C#N)c(-c2ccc(NC(=O)c3cc(S(=O)(=O)O)cc(S(=O)(=O)O)c3)cc2)c1C#N. The Labute approximate surface area is 418 Å². The minimum Gasteiger partial charge on any atom is -0.339 e. The monoisotopic (exact) mass is 1080 g/mol. The molecule has 1 amide bonds. The van der Waals surface area contributed by atoms with Crippen molar-refractivity contribution >= 4 is 108 Å². The first-order chi connectivity index (χ1) is 34.4. The molecule has 0 radical (unpaired) electrons. The molecule has 0 spiro atoms. The topological polar surface area (TPSA) is 404 Å². The quantitative estimate of drug-likeness (QED) is 0.0371. The number of aromatic nitrogens is 1. The third kappa shape index (κ3) is 12.1. The molecule has 0 aliphatic rings. The van der Waals surface area contributed by atoms with E-state index in [-0.39, 0.29) is 83.5 Å². The Morgan fingerprint density at radius 2 is 1.05 bits per heavy atom. The molecule has 0 unspecified atom stereocenters. The number of rotatable bonds is 15. The lowest BCUT2D eigenvalue weighted by Crippen LogP contribution is -2.14. The van der Waals surface area contributed by atoms with E-state index in [1.165, 1.54) is 67.6 Å². The van der Waals surface area contributed by atoms with Crippen LogP contribution in [-0.2, 0) is 40.5 Å². The van der Waals surface area contributed by atoms with Gasteiger partial charge in [0.05, 0.1) is 30.7 Å². The number of azo groups is 2. The molecule has 24 nitrogen and oxygen atoms in total. The van der Waals surface area contributed by atoms with Crippen molar-refractivity contribution < 1.29 is 56.7 Å². The number of pyridine rings is 1. The summed E-state index contributed by atoms with van der Waals surface area (Å²) in [5.74, 6) is -1.24. The Bertz CT molecular complexity index is 4010. The predicted octanol–water partition coefficient (Wildman–Crippen LogP) is 9.29. The Morgan fingerprint density at radius 3 is 1.56 bits per heavy atom. The van der Waals surface area contributed by atoms with Crippen molar-refractivity contribution in [1.29, 1.82) is 15.8 Å². The highest BCUT2D eigenvalue weighted by molar-refractivity contribution is 7.87. The standard InChI is InChI=1S/C44H29N11O13S5/c1-24-35(22-46)40(48-28-10-14-31(15-11-28)70(57,58)59)51-41(49-29-12-16-32(17-13-29)71(60,61)62)39(24)53-54-43-36(23-47)38(44(69-43)55-52-37-5-3-2-4-26(37)21-45)25-6-8-30(9-7-25)50-42(56)27-18-33(72(63,64)65)20-34(19-27)73(66,67)68/h2-20H,1H3,(H,50,56)(H2,48,49,51)(H,57,58,59)(H,60,61,62)(H,63,64,65)(H,66,67,68). The summed E-state index contributed by atoms with van der Waals surface area (Å²) in [5, 5.41) is 56.5. The molecule has 0 atom stereocenters. The van der Waals surface area contributed by atoms with Crippen LogP contribution in [0.25, 0.3) is 11.1 Å². The lowest BCUT2D eigenvalue weighted by molar-refractivity contribution is 0.102. The third-order valence-corrected chi connectivity index (χ3v) is 14.4. The fourth-order valence-corrected chi connectivity index (χ4v) is 9.58. The van der Waals surface area contributed by atoms with Gasteiger partial charge in [-0.15, -0.1) is 20.5 Å². The largest absolute Gasteiger partial charge is 0.339 e. The number of benzene rings is 5. The second-order valence-electron chi connectivity index (χ2n) is 14.8. The third-order valence-electron chi connectivity index (χ3n) is 10.0. The van der Waals surface area contributed by atoms with Crippen molar-refractivity contribution in [3.05, 3.63) is 143 Å². The summed E-state index contributed by atoms with van der Waals surface area (Å²) >= 11 is 0.819. The van der Waals surface area contributed by atoms with Gasteiger partial charge in [-0.3, -0.25) is 23.0 Å². The molecule has 0 aliphatic heterocycles. The average Bonchev–Trinajstić information content (AvgIpc) is 3.69. The highest BCUT2D eigenvalue weighted by Crippen LogP contribution is 2.49. The zero-order chi connectivity index (χ0) is 53.0. The summed E-state index contributed by atoms with van der Waals surface area (Å²) in [6.45, 7) is 1.49. The van der Waals surface area contributed by atoms with E-state index in [1.807, 2.05) is 12.1 Å². The molecule has 0 bridgehead atoms. The first-order valence-corrected chi connectivity index (χ1v) is 26.5. The van der Waals surface area contributed by atoms with E-state index in [0.717, 1.165) is 35.6 Å². The van der Waals surface area contributed by atoms with E-state index in [1.54, 1.807) is 12.1 Å². The second kappa shape index (κ2) is 20.6. The van der Waals surface area contributed by atoms with Gasteiger partial charge in [0.15, 0.2) is 16.6 Å². The van der Waals surface area contributed by atoms with Crippen molar-refractivity contribution in [1.82, 2.24) is 4.98 Å². The number of hydrogen-bond donors (Lipinski definition) is 7. The number of hydrogen-bond acceptors (Lipinski definition) is 20. The van der Waals surface area contributed by atoms with E-state index in [4.69, 9.17) is 0 Å². The second-order valence-corrected chi connectivity index (χ2v) is 21.5. The lowest BCUT2D eigenvalue weighted by Gasteiger charge is -2.16. The molecule has 0 saturated heterocycles. The van der Waals surface area contributed by atoms with Gasteiger partial charge >= 0.3 is 0 Å². The first-order valence-electron chi connectivity index (χ1n) is 19.9. The van der Waals surface area contributed by atoms with Gasteiger partial charge in [-0.25, -0.2) is 4.98 Å². The van der Waals surface area contributed by atoms with Gasteiger partial charge in [-0.2, -0.15) is 49.5 Å². The number of nitrogens with zero attached hydrogens (tertiary/aromatic N) is 8.